The number of aromatic nitrogens is 1. The Morgan fingerprint density at radius 2 is 1.74 bits per heavy atom. The molecule has 0 spiro atoms. The van der Waals surface area contributed by atoms with Crippen LogP contribution in [0.2, 0.25) is 0 Å². The van der Waals surface area contributed by atoms with Gasteiger partial charge in [0.05, 0.1) is 7.11 Å². The van der Waals surface area contributed by atoms with Crippen molar-refractivity contribution in [3.63, 3.8) is 0 Å². The molecule has 2 saturated carbocycles. The molecule has 1 aromatic carbocycles. The zero-order valence-corrected chi connectivity index (χ0v) is 16.3. The molecule has 1 saturated heterocycles. The number of nitrogens with zero attached hydrogens (tertiary/aromatic N) is 2. The van der Waals surface area contributed by atoms with Gasteiger partial charge in [-0.1, -0.05) is 12.5 Å². The van der Waals surface area contributed by atoms with Gasteiger partial charge in [-0.25, -0.2) is 0 Å². The van der Waals surface area contributed by atoms with Gasteiger partial charge in [0.15, 0.2) is 0 Å². The van der Waals surface area contributed by atoms with Gasteiger partial charge in [-0.2, -0.15) is 0 Å². The first-order valence-electron chi connectivity index (χ1n) is 10.6. The number of rotatable bonds is 4. The summed E-state index contributed by atoms with van der Waals surface area (Å²) in [6.45, 7) is 2.50. The van der Waals surface area contributed by atoms with Crippen LogP contribution in [0.3, 0.4) is 0 Å². The van der Waals surface area contributed by atoms with E-state index in [4.69, 9.17) is 4.74 Å². The predicted octanol–water partition coefficient (Wildman–Crippen LogP) is 5.13. The van der Waals surface area contributed by atoms with Crippen LogP contribution >= 0.6 is 0 Å². The highest BCUT2D eigenvalue weighted by Crippen LogP contribution is 2.48. The van der Waals surface area contributed by atoms with Crippen LogP contribution in [0.1, 0.15) is 50.0 Å². The molecule has 2 heterocycles. The van der Waals surface area contributed by atoms with E-state index in [-0.39, 0.29) is 0 Å². The van der Waals surface area contributed by atoms with Crippen LogP contribution in [0.15, 0.2) is 42.7 Å². The molecule has 2 aromatic rings. The van der Waals surface area contributed by atoms with E-state index in [2.05, 4.69) is 40.2 Å². The van der Waals surface area contributed by atoms with Crippen LogP contribution in [0.25, 0.3) is 11.1 Å². The van der Waals surface area contributed by atoms with Crippen molar-refractivity contribution >= 4 is 0 Å². The lowest BCUT2D eigenvalue weighted by Crippen LogP contribution is -2.43. The number of fused-ring (bicyclic) bond motifs is 2. The van der Waals surface area contributed by atoms with Crippen molar-refractivity contribution < 1.29 is 4.74 Å². The minimum atomic E-state index is 0.608. The number of likely N-dealkylation sites (tertiary alicyclic amines) is 1. The first kappa shape index (κ1) is 17.2. The molecule has 27 heavy (non-hydrogen) atoms. The molecule has 3 fully saturated rings. The number of piperidine rings is 1. The Kier molecular flexibility index (Phi) is 4.65. The fraction of sp³-hybridized carbons (Fsp3) is 0.542. The predicted molar refractivity (Wildman–Crippen MR) is 109 cm³/mol. The molecule has 3 atom stereocenters. The van der Waals surface area contributed by atoms with Gasteiger partial charge >= 0.3 is 0 Å². The van der Waals surface area contributed by atoms with Gasteiger partial charge in [-0.3, -0.25) is 4.98 Å². The Labute approximate surface area is 162 Å². The molecule has 2 bridgehead atoms. The summed E-state index contributed by atoms with van der Waals surface area (Å²) < 4.78 is 5.73. The van der Waals surface area contributed by atoms with E-state index in [1.54, 1.807) is 7.11 Å². The second kappa shape index (κ2) is 7.27. The van der Waals surface area contributed by atoms with Gasteiger partial charge in [0.2, 0.25) is 0 Å². The Bertz CT molecular complexity index is 782. The van der Waals surface area contributed by atoms with E-state index >= 15 is 0 Å². The Morgan fingerprint density at radius 3 is 2.41 bits per heavy atom. The van der Waals surface area contributed by atoms with E-state index < -0.39 is 0 Å². The summed E-state index contributed by atoms with van der Waals surface area (Å²) in [5, 5.41) is 0. The summed E-state index contributed by atoms with van der Waals surface area (Å²) in [6, 6.07) is 11.7. The van der Waals surface area contributed by atoms with Crippen molar-refractivity contribution in [1.29, 1.82) is 0 Å². The van der Waals surface area contributed by atoms with E-state index in [0.29, 0.717) is 5.92 Å². The van der Waals surface area contributed by atoms with Crippen LogP contribution < -0.4 is 4.74 Å². The minimum Gasteiger partial charge on any atom is -0.496 e. The normalized spacial score (nSPS) is 28.6. The third-order valence-electron chi connectivity index (χ3n) is 7.38. The number of hydrogen-bond donors (Lipinski definition) is 0. The first-order chi connectivity index (χ1) is 13.3. The quantitative estimate of drug-likeness (QED) is 0.754. The Hall–Kier alpha value is -1.87. The van der Waals surface area contributed by atoms with Crippen molar-refractivity contribution in [2.45, 2.75) is 50.5 Å². The number of ether oxygens (including phenoxy) is 1. The highest BCUT2D eigenvalue weighted by molar-refractivity contribution is 5.65. The highest BCUT2D eigenvalue weighted by atomic mass is 16.5. The van der Waals surface area contributed by atoms with Crippen molar-refractivity contribution in [2.24, 2.45) is 11.8 Å². The second-order valence-electron chi connectivity index (χ2n) is 8.75. The molecule has 142 valence electrons. The van der Waals surface area contributed by atoms with E-state index in [0.717, 1.165) is 23.6 Å². The average molecular weight is 363 g/mol. The Morgan fingerprint density at radius 1 is 0.926 bits per heavy atom. The van der Waals surface area contributed by atoms with Crippen molar-refractivity contribution in [1.82, 2.24) is 9.88 Å². The summed E-state index contributed by atoms with van der Waals surface area (Å²) in [7, 11) is 1.80. The van der Waals surface area contributed by atoms with Gasteiger partial charge in [0, 0.05) is 18.4 Å². The van der Waals surface area contributed by atoms with Crippen LogP contribution in [0.4, 0.5) is 0 Å². The molecular weight excluding hydrogens is 332 g/mol. The smallest absolute Gasteiger partial charge is 0.122 e. The SMILES string of the molecule is COc1ccc(-c2ccncc2)cc1C1CCN([C@@H]2C[C@@H]3CC[C@H]2C3)CC1. The number of hydrogen-bond acceptors (Lipinski definition) is 3. The highest BCUT2D eigenvalue weighted by Gasteiger charge is 2.43. The molecular formula is C24H30N2O. The van der Waals surface area contributed by atoms with E-state index in [1.807, 2.05) is 12.4 Å². The maximum absolute atomic E-state index is 5.73. The van der Waals surface area contributed by atoms with E-state index in [9.17, 15) is 0 Å². The topological polar surface area (TPSA) is 25.4 Å². The van der Waals surface area contributed by atoms with Gasteiger partial charge in [0.25, 0.3) is 0 Å². The van der Waals surface area contributed by atoms with Crippen molar-refractivity contribution in [2.75, 3.05) is 20.2 Å². The number of methoxy groups -OCH3 is 1. The number of pyridine rings is 1. The van der Waals surface area contributed by atoms with Crippen molar-refractivity contribution in [3.05, 3.63) is 48.3 Å². The standard InChI is InChI=1S/C24H30N2O/c1-27-24-5-4-20(18-6-10-25-11-7-18)16-22(24)19-8-12-26(13-9-19)23-15-17-2-3-21(23)14-17/h4-7,10-11,16-17,19,21,23H,2-3,8-9,12-15H2,1H3/t17-,21+,23-/m1/s1. The summed E-state index contributed by atoms with van der Waals surface area (Å²) in [5.41, 5.74) is 3.89. The molecule has 2 aliphatic carbocycles. The zero-order valence-electron chi connectivity index (χ0n) is 16.3. The minimum absolute atomic E-state index is 0.608. The summed E-state index contributed by atoms with van der Waals surface area (Å²) in [6.07, 6.45) is 12.2. The van der Waals surface area contributed by atoms with Gasteiger partial charge in [0.1, 0.15) is 5.75 Å². The fourth-order valence-electron chi connectivity index (χ4n) is 5.98. The van der Waals surface area contributed by atoms with Gasteiger partial charge < -0.3 is 9.64 Å². The largest absolute Gasteiger partial charge is 0.496 e. The molecule has 3 aliphatic rings. The van der Waals surface area contributed by atoms with Crippen LogP contribution in [-0.4, -0.2) is 36.1 Å². The number of benzene rings is 1. The lowest BCUT2D eigenvalue weighted by atomic mass is 9.85. The van der Waals surface area contributed by atoms with E-state index in [1.165, 1.54) is 68.3 Å². The monoisotopic (exact) mass is 362 g/mol. The molecule has 1 aliphatic heterocycles. The third kappa shape index (κ3) is 3.27. The lowest BCUT2D eigenvalue weighted by molar-refractivity contribution is 0.110. The molecule has 0 radical (unpaired) electrons. The molecule has 0 N–H and O–H groups in total. The fourth-order valence-corrected chi connectivity index (χ4v) is 5.98. The van der Waals surface area contributed by atoms with Gasteiger partial charge in [-0.05, 0) is 104 Å². The van der Waals surface area contributed by atoms with Gasteiger partial charge in [-0.15, -0.1) is 0 Å². The van der Waals surface area contributed by atoms with Crippen molar-refractivity contribution in [3.8, 4) is 16.9 Å². The third-order valence-corrected chi connectivity index (χ3v) is 7.38. The summed E-state index contributed by atoms with van der Waals surface area (Å²) >= 11 is 0. The summed E-state index contributed by atoms with van der Waals surface area (Å²) in [5.74, 6) is 3.69. The maximum Gasteiger partial charge on any atom is 0.122 e. The zero-order chi connectivity index (χ0) is 18.2. The first-order valence-corrected chi connectivity index (χ1v) is 10.6. The molecule has 3 nitrogen and oxygen atoms in total. The van der Waals surface area contributed by atoms with Crippen LogP contribution in [0, 0.1) is 11.8 Å². The molecule has 0 amide bonds. The maximum atomic E-state index is 5.73. The molecule has 3 heteroatoms. The lowest BCUT2D eigenvalue weighted by Gasteiger charge is -2.40. The molecule has 5 rings (SSSR count). The summed E-state index contributed by atoms with van der Waals surface area (Å²) in [4.78, 5) is 6.97. The van der Waals surface area contributed by atoms with Crippen LogP contribution in [0.5, 0.6) is 5.75 Å². The molecule has 1 aromatic heterocycles. The van der Waals surface area contributed by atoms with Crippen LogP contribution in [-0.2, 0) is 0 Å². The average Bonchev–Trinajstić information content (AvgIpc) is 3.38. The molecule has 0 unspecified atom stereocenters. The Balaban J connectivity index is 1.32. The second-order valence-corrected chi connectivity index (χ2v) is 8.75.